The topological polar surface area (TPSA) is 58.2 Å². The van der Waals surface area contributed by atoms with Gasteiger partial charge in [0.1, 0.15) is 0 Å². The fourth-order valence-corrected chi connectivity index (χ4v) is 3.30. The van der Waals surface area contributed by atoms with Gasteiger partial charge < -0.3 is 10.6 Å². The predicted molar refractivity (Wildman–Crippen MR) is 105 cm³/mol. The number of anilines is 2. The fraction of sp³-hybridized carbons (Fsp3) is 0.300. The highest BCUT2D eigenvalue weighted by Gasteiger charge is 2.30. The number of halogens is 3. The molecule has 4 nitrogen and oxygen atoms in total. The minimum absolute atomic E-state index is 0.0833. The van der Waals surface area contributed by atoms with E-state index in [1.165, 1.54) is 23.9 Å². The van der Waals surface area contributed by atoms with E-state index in [1.54, 1.807) is 31.2 Å². The molecular formula is C20H21F3N2O2S. The quantitative estimate of drug-likeness (QED) is 0.587. The molecule has 2 rings (SSSR count). The van der Waals surface area contributed by atoms with Crippen molar-refractivity contribution in [3.63, 3.8) is 0 Å². The van der Waals surface area contributed by atoms with Crippen LogP contribution in [0, 0.1) is 0 Å². The van der Waals surface area contributed by atoms with Gasteiger partial charge in [0, 0.05) is 22.7 Å². The molecule has 0 bridgehead atoms. The van der Waals surface area contributed by atoms with Crippen molar-refractivity contribution in [2.75, 3.05) is 10.6 Å². The van der Waals surface area contributed by atoms with Gasteiger partial charge in [-0.25, -0.2) is 0 Å². The molecule has 0 saturated heterocycles. The summed E-state index contributed by atoms with van der Waals surface area (Å²) in [5.74, 6) is -0.496. The van der Waals surface area contributed by atoms with E-state index in [0.29, 0.717) is 12.1 Å². The van der Waals surface area contributed by atoms with Crippen molar-refractivity contribution < 1.29 is 22.8 Å². The van der Waals surface area contributed by atoms with Crippen LogP contribution in [0.15, 0.2) is 53.4 Å². The fourth-order valence-electron chi connectivity index (χ4n) is 2.37. The number of alkyl halides is 3. The van der Waals surface area contributed by atoms with Crippen molar-refractivity contribution in [3.05, 3.63) is 54.1 Å². The number of thioether (sulfide) groups is 1. The maximum Gasteiger partial charge on any atom is 0.416 e. The maximum absolute atomic E-state index is 12.8. The summed E-state index contributed by atoms with van der Waals surface area (Å²) in [6, 6.07) is 11.6. The van der Waals surface area contributed by atoms with Crippen LogP contribution in [0.25, 0.3) is 0 Å². The summed E-state index contributed by atoms with van der Waals surface area (Å²) < 4.78 is 38.3. The molecule has 0 heterocycles. The Bertz CT molecular complexity index is 840. The van der Waals surface area contributed by atoms with Crippen LogP contribution in [-0.4, -0.2) is 17.1 Å². The zero-order valence-corrected chi connectivity index (χ0v) is 16.3. The smallest absolute Gasteiger partial charge is 0.326 e. The minimum Gasteiger partial charge on any atom is -0.326 e. The monoisotopic (exact) mass is 410 g/mol. The van der Waals surface area contributed by atoms with E-state index in [9.17, 15) is 22.8 Å². The number of amides is 2. The molecule has 0 aliphatic carbocycles. The molecule has 8 heteroatoms. The van der Waals surface area contributed by atoms with Crippen LogP contribution in [0.1, 0.15) is 32.3 Å². The number of carbonyl (C=O) groups excluding carboxylic acids is 2. The van der Waals surface area contributed by atoms with Crippen LogP contribution in [0.3, 0.4) is 0 Å². The number of benzene rings is 2. The first-order valence-electron chi connectivity index (χ1n) is 8.73. The van der Waals surface area contributed by atoms with Gasteiger partial charge in [-0.2, -0.15) is 13.2 Å². The van der Waals surface area contributed by atoms with Gasteiger partial charge in [0.15, 0.2) is 0 Å². The molecule has 2 aromatic carbocycles. The molecule has 0 aliphatic heterocycles. The molecule has 150 valence electrons. The highest BCUT2D eigenvalue weighted by Crippen LogP contribution is 2.31. The molecular weight excluding hydrogens is 389 g/mol. The van der Waals surface area contributed by atoms with Crippen molar-refractivity contribution in [2.24, 2.45) is 0 Å². The molecule has 2 N–H and O–H groups in total. The molecule has 0 saturated carbocycles. The van der Waals surface area contributed by atoms with Gasteiger partial charge in [-0.3, -0.25) is 9.59 Å². The largest absolute Gasteiger partial charge is 0.416 e. The Morgan fingerprint density at radius 1 is 1.04 bits per heavy atom. The Balaban J connectivity index is 2.00. The highest BCUT2D eigenvalue weighted by molar-refractivity contribution is 8.00. The average molecular weight is 410 g/mol. The number of hydrogen-bond donors (Lipinski definition) is 2. The first-order chi connectivity index (χ1) is 13.2. The Morgan fingerprint density at radius 3 is 2.32 bits per heavy atom. The summed E-state index contributed by atoms with van der Waals surface area (Å²) in [5, 5.41) is 4.75. The van der Waals surface area contributed by atoms with Gasteiger partial charge in [0.05, 0.1) is 10.8 Å². The summed E-state index contributed by atoms with van der Waals surface area (Å²) in [5.41, 5.74) is -0.0945. The average Bonchev–Trinajstić information content (AvgIpc) is 2.61. The van der Waals surface area contributed by atoms with Gasteiger partial charge in [-0.15, -0.1) is 11.8 Å². The first kappa shape index (κ1) is 21.8. The summed E-state index contributed by atoms with van der Waals surface area (Å²) >= 11 is 1.25. The van der Waals surface area contributed by atoms with E-state index in [1.807, 2.05) is 6.92 Å². The third-order valence-electron chi connectivity index (χ3n) is 3.73. The lowest BCUT2D eigenvalue weighted by molar-refractivity contribution is -0.137. The summed E-state index contributed by atoms with van der Waals surface area (Å²) in [6.07, 6.45) is -3.30. The maximum atomic E-state index is 12.8. The molecule has 2 aromatic rings. The summed E-state index contributed by atoms with van der Waals surface area (Å²) in [4.78, 5) is 24.8. The molecule has 0 radical (unpaired) electrons. The Hall–Kier alpha value is -2.48. The Labute approximate surface area is 165 Å². The normalized spacial score (nSPS) is 12.3. The van der Waals surface area contributed by atoms with Crippen molar-refractivity contribution in [3.8, 4) is 0 Å². The lowest BCUT2D eigenvalue weighted by atomic mass is 10.2. The van der Waals surface area contributed by atoms with Crippen LogP contribution in [-0.2, 0) is 15.8 Å². The first-order valence-corrected chi connectivity index (χ1v) is 9.61. The standard InChI is InChI=1S/C20H21F3N2O2S/c1-3-6-18(26)24-16-9-5-10-17(12-16)28-13(2)19(27)25-15-8-4-7-14(11-15)20(21,22)23/h4-5,7-13H,3,6H2,1-2H3,(H,24,26)(H,25,27). The zero-order chi connectivity index (χ0) is 20.7. The molecule has 1 unspecified atom stereocenters. The van der Waals surface area contributed by atoms with Gasteiger partial charge in [-0.05, 0) is 49.7 Å². The van der Waals surface area contributed by atoms with Crippen LogP contribution >= 0.6 is 11.8 Å². The van der Waals surface area contributed by atoms with E-state index < -0.39 is 22.9 Å². The number of hydrogen-bond acceptors (Lipinski definition) is 3. The van der Waals surface area contributed by atoms with Crippen molar-refractivity contribution in [1.82, 2.24) is 0 Å². The van der Waals surface area contributed by atoms with E-state index >= 15 is 0 Å². The molecule has 1 atom stereocenters. The van der Waals surface area contributed by atoms with Crippen molar-refractivity contribution in [1.29, 1.82) is 0 Å². The number of rotatable bonds is 7. The minimum atomic E-state index is -4.47. The Morgan fingerprint density at radius 2 is 1.68 bits per heavy atom. The lowest BCUT2D eigenvalue weighted by Crippen LogP contribution is -2.22. The van der Waals surface area contributed by atoms with E-state index in [-0.39, 0.29) is 11.6 Å². The zero-order valence-electron chi connectivity index (χ0n) is 15.5. The second kappa shape index (κ2) is 9.64. The van der Waals surface area contributed by atoms with Crippen LogP contribution in [0.2, 0.25) is 0 Å². The molecule has 2 amide bonds. The van der Waals surface area contributed by atoms with E-state index in [2.05, 4.69) is 10.6 Å². The second-order valence-corrected chi connectivity index (χ2v) is 7.57. The van der Waals surface area contributed by atoms with E-state index in [0.717, 1.165) is 23.4 Å². The van der Waals surface area contributed by atoms with E-state index in [4.69, 9.17) is 0 Å². The van der Waals surface area contributed by atoms with Gasteiger partial charge in [-0.1, -0.05) is 19.1 Å². The van der Waals surface area contributed by atoms with Gasteiger partial charge >= 0.3 is 6.18 Å². The van der Waals surface area contributed by atoms with Gasteiger partial charge in [0.25, 0.3) is 0 Å². The highest BCUT2D eigenvalue weighted by atomic mass is 32.2. The van der Waals surface area contributed by atoms with Crippen LogP contribution in [0.5, 0.6) is 0 Å². The lowest BCUT2D eigenvalue weighted by Gasteiger charge is -2.14. The summed E-state index contributed by atoms with van der Waals surface area (Å²) in [7, 11) is 0. The number of nitrogens with one attached hydrogen (secondary N) is 2. The van der Waals surface area contributed by atoms with Crippen LogP contribution < -0.4 is 10.6 Å². The van der Waals surface area contributed by atoms with Crippen LogP contribution in [0.4, 0.5) is 24.5 Å². The summed E-state index contributed by atoms with van der Waals surface area (Å²) in [6.45, 7) is 3.58. The second-order valence-electron chi connectivity index (χ2n) is 6.15. The molecule has 0 fully saturated rings. The Kier molecular flexibility index (Phi) is 7.51. The molecule has 0 spiro atoms. The third kappa shape index (κ3) is 6.60. The van der Waals surface area contributed by atoms with Gasteiger partial charge in [0.2, 0.25) is 11.8 Å². The number of carbonyl (C=O) groups is 2. The van der Waals surface area contributed by atoms with Crippen molar-refractivity contribution >= 4 is 35.0 Å². The predicted octanol–water partition coefficient (Wildman–Crippen LogP) is 5.56. The molecule has 28 heavy (non-hydrogen) atoms. The third-order valence-corrected chi connectivity index (χ3v) is 4.83. The molecule has 0 aromatic heterocycles. The molecule has 0 aliphatic rings. The SMILES string of the molecule is CCCC(=O)Nc1cccc(SC(C)C(=O)Nc2cccc(C(F)(F)F)c2)c1. The van der Waals surface area contributed by atoms with Crippen molar-refractivity contribution in [2.45, 2.75) is 43.0 Å².